The average Bonchev–Trinajstić information content (AvgIpc) is 3.04. The Morgan fingerprint density at radius 1 is 0.615 bits per heavy atom. The number of hydrogen-bond acceptors (Lipinski definition) is 8. The Labute approximate surface area is 306 Å². The maximum atomic E-state index is 13.2. The second-order valence-corrected chi connectivity index (χ2v) is 12.9. The van der Waals surface area contributed by atoms with Crippen molar-refractivity contribution in [2.45, 2.75) is 168 Å². The lowest BCUT2D eigenvalue weighted by atomic mass is 10.0. The number of unbranched alkanes of at least 4 members (excludes halogenated alkanes) is 13. The van der Waals surface area contributed by atoms with Crippen molar-refractivity contribution in [3.63, 3.8) is 0 Å². The summed E-state index contributed by atoms with van der Waals surface area (Å²) >= 11 is 0. The highest BCUT2D eigenvalue weighted by Gasteiger charge is 2.38. The fourth-order valence-electron chi connectivity index (χ4n) is 4.81. The van der Waals surface area contributed by atoms with Crippen LogP contribution < -0.4 is 27.4 Å². The Morgan fingerprint density at radius 3 is 1.42 bits per heavy atom. The van der Waals surface area contributed by atoms with E-state index in [-0.39, 0.29) is 24.8 Å². The number of aliphatic carboxylic acids is 3. The molecule has 10 N–H and O–H groups in total. The topological polar surface area (TPSA) is 251 Å². The molecule has 0 fully saturated rings. The third kappa shape index (κ3) is 33.7. The van der Waals surface area contributed by atoms with Gasteiger partial charge in [-0.3, -0.25) is 19.2 Å². The number of hydrogen-bond donors (Lipinski definition) is 8. The van der Waals surface area contributed by atoms with E-state index in [0.717, 1.165) is 26.2 Å². The first kappa shape index (κ1) is 52.9. The number of amides is 3. The highest BCUT2D eigenvalue weighted by molar-refractivity contribution is 5.93. The van der Waals surface area contributed by atoms with Gasteiger partial charge in [-0.1, -0.05) is 97.8 Å². The van der Waals surface area contributed by atoms with Gasteiger partial charge in [0.25, 0.3) is 5.97 Å². The summed E-state index contributed by atoms with van der Waals surface area (Å²) in [7, 11) is 0. The van der Waals surface area contributed by atoms with Crippen LogP contribution in [0, 0.1) is 5.92 Å². The first-order chi connectivity index (χ1) is 24.3. The molecule has 3 amide bonds. The fraction of sp³-hybridized carbons (Fsp3) is 0.829. The van der Waals surface area contributed by atoms with E-state index >= 15 is 0 Å². The minimum atomic E-state index is -5.08. The second kappa shape index (κ2) is 33.4. The lowest BCUT2D eigenvalue weighted by Crippen LogP contribution is -2.57. The average molecular weight is 758 g/mol. The van der Waals surface area contributed by atoms with Crippen molar-refractivity contribution in [2.75, 3.05) is 13.1 Å². The molecule has 0 spiro atoms. The number of rotatable bonds is 27. The van der Waals surface area contributed by atoms with Gasteiger partial charge < -0.3 is 42.7 Å². The summed E-state index contributed by atoms with van der Waals surface area (Å²) in [6.07, 6.45) is 13.1. The van der Waals surface area contributed by atoms with Gasteiger partial charge in [0.05, 0.1) is 0 Å². The number of nitrogens with one attached hydrogen (secondary N) is 3. The van der Waals surface area contributed by atoms with Crippen molar-refractivity contribution in [3.8, 4) is 0 Å². The van der Waals surface area contributed by atoms with Crippen LogP contribution in [0.1, 0.15) is 143 Å². The molecule has 0 aromatic carbocycles. The highest BCUT2D eigenvalue weighted by Crippen LogP contribution is 2.14. The number of carboxylic acid groups (broad SMARTS) is 3. The molecule has 3 atom stereocenters. The van der Waals surface area contributed by atoms with Crippen LogP contribution in [0.15, 0.2) is 0 Å². The zero-order valence-electron chi connectivity index (χ0n) is 31.5. The van der Waals surface area contributed by atoms with Crippen molar-refractivity contribution >= 4 is 35.6 Å². The number of nitrogens with two attached hydrogens (primary N) is 2. The van der Waals surface area contributed by atoms with Gasteiger partial charge in [-0.05, 0) is 51.1 Å². The summed E-state index contributed by atoms with van der Waals surface area (Å²) in [6, 6.07) is -2.87. The Morgan fingerprint density at radius 2 is 1.06 bits per heavy atom. The van der Waals surface area contributed by atoms with Crippen LogP contribution in [-0.4, -0.2) is 88.3 Å². The predicted molar refractivity (Wildman–Crippen MR) is 192 cm³/mol. The van der Waals surface area contributed by atoms with E-state index < -0.39 is 54.0 Å². The molecule has 0 aliphatic rings. The summed E-state index contributed by atoms with van der Waals surface area (Å²) in [5.41, 5.74) is 11.1. The Balaban J connectivity index is -0.00000188. The lowest BCUT2D eigenvalue weighted by Gasteiger charge is -2.26. The molecule has 0 heterocycles. The first-order valence-corrected chi connectivity index (χ1v) is 18.4. The fourth-order valence-corrected chi connectivity index (χ4v) is 4.81. The molecule has 0 aromatic rings. The normalized spacial score (nSPS) is 12.6. The van der Waals surface area contributed by atoms with Crippen molar-refractivity contribution in [1.29, 1.82) is 0 Å². The van der Waals surface area contributed by atoms with Gasteiger partial charge in [-0.2, -0.15) is 13.2 Å². The molecule has 0 aliphatic carbocycles. The van der Waals surface area contributed by atoms with Crippen LogP contribution in [0.4, 0.5) is 13.2 Å². The van der Waals surface area contributed by atoms with Crippen LogP contribution in [0.25, 0.3) is 0 Å². The minimum Gasteiger partial charge on any atom is -0.481 e. The quantitative estimate of drug-likeness (QED) is 0.0525. The molecule has 0 aromatic heterocycles. The molecule has 306 valence electrons. The van der Waals surface area contributed by atoms with Gasteiger partial charge in [0.1, 0.15) is 18.1 Å². The minimum absolute atomic E-state index is 0.0802. The van der Waals surface area contributed by atoms with Crippen LogP contribution in [0.3, 0.4) is 0 Å². The van der Waals surface area contributed by atoms with E-state index in [0.29, 0.717) is 32.2 Å². The molecular formula is C35H66F3N5O9. The molecule has 17 heteroatoms. The molecule has 0 aliphatic heterocycles. The third-order valence-corrected chi connectivity index (χ3v) is 7.67. The molecule has 0 rings (SSSR count). The first-order valence-electron chi connectivity index (χ1n) is 18.4. The standard InChI is InChI=1S/C31H61N5O5.C2HF3O2.C2H4O2/c1-4-5-6-7-8-9-10-11-12-13-14-15-16-20-27(37)34-25(19-17-18-22-32)29(38)36-28(24(2)3)30(39)35-26(21-23-33)31(40)41;3-2(4,5)1(6)7;1-2(3)4/h24-26,28H,4-23,32-33H2,1-3H3,(H,34,37)(H,35,39)(H,36,38)(H,40,41);(H,6,7);1H3,(H,3,4)/t25-,26-,28-;;/m0../s1. The van der Waals surface area contributed by atoms with Crippen molar-refractivity contribution in [1.82, 2.24) is 16.0 Å². The Kier molecular flexibility index (Phi) is 33.9. The molecule has 0 saturated carbocycles. The van der Waals surface area contributed by atoms with Gasteiger partial charge >= 0.3 is 18.1 Å². The molecule has 0 bridgehead atoms. The predicted octanol–water partition coefficient (Wildman–Crippen LogP) is 4.86. The summed E-state index contributed by atoms with van der Waals surface area (Å²) in [5, 5.41) is 31.9. The van der Waals surface area contributed by atoms with Crippen LogP contribution in [0.2, 0.25) is 0 Å². The monoisotopic (exact) mass is 757 g/mol. The van der Waals surface area contributed by atoms with Crippen LogP contribution in [0.5, 0.6) is 0 Å². The van der Waals surface area contributed by atoms with Crippen molar-refractivity contribution in [3.05, 3.63) is 0 Å². The molecule has 0 saturated heterocycles. The number of carboxylic acids is 3. The molecule has 52 heavy (non-hydrogen) atoms. The molecule has 0 radical (unpaired) electrons. The largest absolute Gasteiger partial charge is 0.490 e. The van der Waals surface area contributed by atoms with Gasteiger partial charge in [0.15, 0.2) is 0 Å². The zero-order valence-corrected chi connectivity index (χ0v) is 31.5. The maximum absolute atomic E-state index is 13.2. The van der Waals surface area contributed by atoms with Crippen molar-refractivity contribution < 1.29 is 57.3 Å². The summed E-state index contributed by atoms with van der Waals surface area (Å²) in [4.78, 5) is 68.0. The van der Waals surface area contributed by atoms with E-state index in [1.807, 2.05) is 0 Å². The number of carbonyl (C=O) groups excluding carboxylic acids is 3. The number of alkyl halides is 3. The summed E-state index contributed by atoms with van der Waals surface area (Å²) in [5.74, 6) is -6.29. The highest BCUT2D eigenvalue weighted by atomic mass is 19.4. The van der Waals surface area contributed by atoms with E-state index in [1.165, 1.54) is 64.2 Å². The van der Waals surface area contributed by atoms with E-state index in [4.69, 9.17) is 31.3 Å². The van der Waals surface area contributed by atoms with E-state index in [9.17, 15) is 37.5 Å². The molecule has 0 unspecified atom stereocenters. The number of halogens is 3. The van der Waals surface area contributed by atoms with Crippen LogP contribution >= 0.6 is 0 Å². The summed E-state index contributed by atoms with van der Waals surface area (Å²) in [6.45, 7) is 7.44. The number of carbonyl (C=O) groups is 6. The zero-order chi connectivity index (χ0) is 40.5. The SMILES string of the molecule is CC(=O)O.CCCCCCCCCCCCCCCC(=O)N[C@@H](CCCCN)C(=O)N[C@H](C(=O)N[C@@H](CCN)C(=O)O)C(C)C.O=C(O)C(F)(F)F. The van der Waals surface area contributed by atoms with Gasteiger partial charge in [0.2, 0.25) is 17.7 Å². The molecular weight excluding hydrogens is 691 g/mol. The lowest BCUT2D eigenvalue weighted by molar-refractivity contribution is -0.192. The maximum Gasteiger partial charge on any atom is 0.490 e. The summed E-state index contributed by atoms with van der Waals surface area (Å²) < 4.78 is 31.7. The smallest absolute Gasteiger partial charge is 0.481 e. The third-order valence-electron chi connectivity index (χ3n) is 7.67. The van der Waals surface area contributed by atoms with Gasteiger partial charge in [-0.25, -0.2) is 9.59 Å². The van der Waals surface area contributed by atoms with Gasteiger partial charge in [0, 0.05) is 13.3 Å². The van der Waals surface area contributed by atoms with Crippen LogP contribution in [-0.2, 0) is 28.8 Å². The van der Waals surface area contributed by atoms with Crippen molar-refractivity contribution in [2.24, 2.45) is 17.4 Å². The Bertz CT molecular complexity index is 998. The van der Waals surface area contributed by atoms with E-state index in [2.05, 4.69) is 22.9 Å². The molecule has 14 nitrogen and oxygen atoms in total. The van der Waals surface area contributed by atoms with Gasteiger partial charge in [-0.15, -0.1) is 0 Å². The Hall–Kier alpha value is -3.47. The van der Waals surface area contributed by atoms with E-state index in [1.54, 1.807) is 13.8 Å². The second-order valence-electron chi connectivity index (χ2n) is 12.9.